The summed E-state index contributed by atoms with van der Waals surface area (Å²) in [5.74, 6) is -0.359. The highest BCUT2D eigenvalue weighted by Crippen LogP contribution is 2.34. The van der Waals surface area contributed by atoms with Gasteiger partial charge in [0, 0.05) is 28.9 Å². The molecule has 0 spiro atoms. The average molecular weight is 469 g/mol. The van der Waals surface area contributed by atoms with E-state index in [9.17, 15) is 26.0 Å². The first-order valence-corrected chi connectivity index (χ1v) is 11.3. The average Bonchev–Trinajstić information content (AvgIpc) is 3.26. The molecule has 0 saturated carbocycles. The molecule has 4 rings (SSSR count). The molecule has 0 saturated heterocycles. The lowest BCUT2D eigenvalue weighted by atomic mass is 10.2. The van der Waals surface area contributed by atoms with E-state index in [4.69, 9.17) is 0 Å². The quantitative estimate of drug-likeness (QED) is 0.418. The molecule has 0 fully saturated rings. The number of halogens is 4. The molecule has 0 aliphatic carbocycles. The van der Waals surface area contributed by atoms with E-state index >= 15 is 0 Å². The molecule has 0 aliphatic rings. The second-order valence-corrected chi connectivity index (χ2v) is 9.51. The van der Waals surface area contributed by atoms with Crippen LogP contribution in [0.1, 0.15) is 16.1 Å². The summed E-state index contributed by atoms with van der Waals surface area (Å²) in [7, 11) is -4.39. The maximum Gasteiger partial charge on any atom is 0.417 e. The molecule has 4 aromatic rings. The topological polar surface area (TPSA) is 63.5 Å². The molecule has 31 heavy (non-hydrogen) atoms. The van der Waals surface area contributed by atoms with Crippen LogP contribution in [0.15, 0.2) is 59.6 Å². The van der Waals surface area contributed by atoms with Crippen LogP contribution in [0.4, 0.5) is 17.6 Å². The van der Waals surface area contributed by atoms with Gasteiger partial charge in [-0.1, -0.05) is 23.5 Å². The SMILES string of the molecule is Cc1c(CNS(=O)(=O)c2ccccc2C(F)(F)F)sc2nc(-c3ccc(F)cc3)cn12. The summed E-state index contributed by atoms with van der Waals surface area (Å²) in [6.07, 6.45) is -3.05. The standard InChI is InChI=1S/C20H15F4N3O2S2/c1-12-17(10-25-31(28,29)18-5-3-2-4-15(18)20(22,23)24)30-19-26-16(11-27(12)19)13-6-8-14(21)9-7-13/h2-9,11,25H,10H2,1H3. The zero-order valence-corrected chi connectivity index (χ0v) is 17.6. The van der Waals surface area contributed by atoms with E-state index < -0.39 is 26.7 Å². The zero-order valence-electron chi connectivity index (χ0n) is 15.9. The molecule has 2 aromatic heterocycles. The second kappa shape index (κ2) is 7.74. The molecule has 2 aromatic carbocycles. The van der Waals surface area contributed by atoms with Gasteiger partial charge in [0.05, 0.1) is 16.2 Å². The number of hydrogen-bond donors (Lipinski definition) is 1. The number of alkyl halides is 3. The van der Waals surface area contributed by atoms with Gasteiger partial charge in [-0.15, -0.1) is 0 Å². The predicted octanol–water partition coefficient (Wildman–Crippen LogP) is 5.01. The molecule has 0 unspecified atom stereocenters. The van der Waals surface area contributed by atoms with Crippen molar-refractivity contribution in [3.63, 3.8) is 0 Å². The van der Waals surface area contributed by atoms with Crippen LogP contribution in [0.3, 0.4) is 0 Å². The highest BCUT2D eigenvalue weighted by molar-refractivity contribution is 7.89. The van der Waals surface area contributed by atoms with E-state index in [2.05, 4.69) is 9.71 Å². The minimum Gasteiger partial charge on any atom is -0.294 e. The first kappa shape index (κ1) is 21.5. The fourth-order valence-electron chi connectivity index (χ4n) is 3.09. The summed E-state index contributed by atoms with van der Waals surface area (Å²) >= 11 is 1.22. The van der Waals surface area contributed by atoms with Crippen molar-refractivity contribution in [1.82, 2.24) is 14.1 Å². The predicted molar refractivity (Wildman–Crippen MR) is 109 cm³/mol. The minimum absolute atomic E-state index is 0.180. The van der Waals surface area contributed by atoms with E-state index in [1.165, 1.54) is 29.5 Å². The van der Waals surface area contributed by atoms with Gasteiger partial charge in [-0.05, 0) is 43.3 Å². The Morgan fingerprint density at radius 1 is 1.10 bits per heavy atom. The van der Waals surface area contributed by atoms with Crippen LogP contribution >= 0.6 is 11.3 Å². The van der Waals surface area contributed by atoms with Gasteiger partial charge in [-0.25, -0.2) is 22.5 Å². The second-order valence-electron chi connectivity index (χ2n) is 6.71. The highest BCUT2D eigenvalue weighted by Gasteiger charge is 2.36. The summed E-state index contributed by atoms with van der Waals surface area (Å²) in [4.78, 5) is 4.85. The number of nitrogens with zero attached hydrogens (tertiary/aromatic N) is 2. The van der Waals surface area contributed by atoms with Crippen molar-refractivity contribution >= 4 is 26.3 Å². The van der Waals surface area contributed by atoms with Crippen molar-refractivity contribution < 1.29 is 26.0 Å². The van der Waals surface area contributed by atoms with E-state index in [1.807, 2.05) is 0 Å². The van der Waals surface area contributed by atoms with Crippen molar-refractivity contribution in [3.05, 3.63) is 76.7 Å². The highest BCUT2D eigenvalue weighted by atomic mass is 32.2. The Morgan fingerprint density at radius 2 is 1.77 bits per heavy atom. The van der Waals surface area contributed by atoms with Crippen LogP contribution in [0.25, 0.3) is 16.2 Å². The van der Waals surface area contributed by atoms with Crippen LogP contribution in [0, 0.1) is 12.7 Å². The van der Waals surface area contributed by atoms with Crippen LogP contribution in [-0.4, -0.2) is 17.8 Å². The molecule has 5 nitrogen and oxygen atoms in total. The number of aromatic nitrogens is 2. The van der Waals surface area contributed by atoms with Gasteiger partial charge < -0.3 is 0 Å². The largest absolute Gasteiger partial charge is 0.417 e. The van der Waals surface area contributed by atoms with Crippen molar-refractivity contribution in [2.24, 2.45) is 0 Å². The minimum atomic E-state index is -4.79. The van der Waals surface area contributed by atoms with Gasteiger partial charge in [-0.2, -0.15) is 13.2 Å². The number of aryl methyl sites for hydroxylation is 1. The van der Waals surface area contributed by atoms with Gasteiger partial charge in [0.25, 0.3) is 0 Å². The normalized spacial score (nSPS) is 12.5. The number of thiazole rings is 1. The maximum atomic E-state index is 13.2. The van der Waals surface area contributed by atoms with E-state index in [0.29, 0.717) is 21.2 Å². The van der Waals surface area contributed by atoms with Crippen LogP contribution < -0.4 is 4.72 Å². The Morgan fingerprint density at radius 3 is 2.42 bits per heavy atom. The lowest BCUT2D eigenvalue weighted by Gasteiger charge is -2.13. The van der Waals surface area contributed by atoms with Gasteiger partial charge in [0.2, 0.25) is 10.0 Å². The molecule has 162 valence electrons. The van der Waals surface area contributed by atoms with Crippen molar-refractivity contribution in [1.29, 1.82) is 0 Å². The number of rotatable bonds is 5. The van der Waals surface area contributed by atoms with Crippen LogP contribution in [0.2, 0.25) is 0 Å². The molecular weight excluding hydrogens is 454 g/mol. The monoisotopic (exact) mass is 469 g/mol. The fourth-order valence-corrected chi connectivity index (χ4v) is 5.45. The van der Waals surface area contributed by atoms with Crippen LogP contribution in [-0.2, 0) is 22.7 Å². The number of sulfonamides is 1. The summed E-state index contributed by atoms with van der Waals surface area (Å²) in [6, 6.07) is 9.90. The summed E-state index contributed by atoms with van der Waals surface area (Å²) < 4.78 is 81.8. The third kappa shape index (κ3) is 4.21. The number of nitrogens with one attached hydrogen (secondary N) is 1. The van der Waals surface area contributed by atoms with Gasteiger partial charge >= 0.3 is 6.18 Å². The Labute approximate surface area is 179 Å². The fraction of sp³-hybridized carbons (Fsp3) is 0.150. The van der Waals surface area contributed by atoms with E-state index in [1.54, 1.807) is 29.7 Å². The van der Waals surface area contributed by atoms with Crippen molar-refractivity contribution in [2.45, 2.75) is 24.5 Å². The van der Waals surface area contributed by atoms with Gasteiger partial charge in [0.1, 0.15) is 5.82 Å². The number of benzene rings is 2. The summed E-state index contributed by atoms with van der Waals surface area (Å²) in [6.45, 7) is 1.58. The molecule has 0 radical (unpaired) electrons. The number of imidazole rings is 1. The molecule has 2 heterocycles. The molecule has 0 atom stereocenters. The lowest BCUT2D eigenvalue weighted by molar-refractivity contribution is -0.139. The maximum absolute atomic E-state index is 13.2. The third-order valence-corrected chi connectivity index (χ3v) is 7.31. The van der Waals surface area contributed by atoms with Gasteiger partial charge in [0.15, 0.2) is 4.96 Å². The molecule has 1 N–H and O–H groups in total. The zero-order chi connectivity index (χ0) is 22.4. The molecule has 0 amide bonds. The summed E-state index contributed by atoms with van der Waals surface area (Å²) in [5, 5.41) is 0. The van der Waals surface area contributed by atoms with Crippen molar-refractivity contribution in [3.8, 4) is 11.3 Å². The Kier molecular flexibility index (Phi) is 5.36. The summed E-state index contributed by atoms with van der Waals surface area (Å²) in [5.41, 5.74) is 0.833. The lowest BCUT2D eigenvalue weighted by Crippen LogP contribution is -2.26. The Hall–Kier alpha value is -2.76. The smallest absolute Gasteiger partial charge is 0.294 e. The Balaban J connectivity index is 1.59. The molecular formula is C20H15F4N3O2S2. The first-order chi connectivity index (χ1) is 14.6. The van der Waals surface area contributed by atoms with E-state index in [-0.39, 0.29) is 12.4 Å². The molecule has 11 heteroatoms. The molecule has 0 bridgehead atoms. The molecule has 0 aliphatic heterocycles. The number of hydrogen-bond acceptors (Lipinski definition) is 4. The van der Waals surface area contributed by atoms with E-state index in [0.717, 1.165) is 23.8 Å². The third-order valence-electron chi connectivity index (χ3n) is 4.70. The van der Waals surface area contributed by atoms with Gasteiger partial charge in [-0.3, -0.25) is 4.40 Å². The number of fused-ring (bicyclic) bond motifs is 1. The van der Waals surface area contributed by atoms with Crippen LogP contribution in [0.5, 0.6) is 0 Å². The van der Waals surface area contributed by atoms with Crippen molar-refractivity contribution in [2.75, 3.05) is 0 Å². The first-order valence-electron chi connectivity index (χ1n) is 8.95. The Bertz CT molecular complexity index is 1360.